The maximum atomic E-state index is 12.3. The van der Waals surface area contributed by atoms with Crippen molar-refractivity contribution in [2.75, 3.05) is 13.2 Å². The van der Waals surface area contributed by atoms with Crippen LogP contribution in [0.1, 0.15) is 0 Å². The average molecular weight is 340 g/mol. The van der Waals surface area contributed by atoms with Gasteiger partial charge in [0, 0.05) is 0 Å². The fraction of sp³-hybridized carbons (Fsp3) is 0.364. The van der Waals surface area contributed by atoms with E-state index in [1.165, 1.54) is 18.2 Å². The number of carboxylic acid groups (broad SMARTS) is 1. The summed E-state index contributed by atoms with van der Waals surface area (Å²) in [6.45, 7) is -0.0585. The summed E-state index contributed by atoms with van der Waals surface area (Å²) in [6, 6.07) is 3.44. The van der Waals surface area contributed by atoms with Gasteiger partial charge in [-0.15, -0.1) is 0 Å². The molecule has 0 spiro atoms. The summed E-state index contributed by atoms with van der Waals surface area (Å²) in [5, 5.41) is 8.93. The first kappa shape index (κ1) is 15.5. The average Bonchev–Trinajstić information content (AvgIpc) is 2.75. The molecule has 1 aliphatic rings. The molecule has 0 aliphatic carbocycles. The van der Waals surface area contributed by atoms with Crippen LogP contribution in [0.3, 0.4) is 0 Å². The van der Waals surface area contributed by atoms with Crippen molar-refractivity contribution in [1.29, 1.82) is 0 Å². The molecule has 110 valence electrons. The zero-order chi connectivity index (χ0) is 14.9. The number of sulfonamides is 1. The van der Waals surface area contributed by atoms with Gasteiger partial charge in [0.25, 0.3) is 0 Å². The smallest absolute Gasteiger partial charge is 0.310 e. The summed E-state index contributed by atoms with van der Waals surface area (Å²) in [7, 11) is -4.03. The molecule has 0 bridgehead atoms. The molecule has 1 aliphatic heterocycles. The SMILES string of the molecule is O=C(O)C1COCC1NS(=O)(=O)c1c(Cl)cccc1Cl. The Kier molecular flexibility index (Phi) is 4.55. The number of rotatable bonds is 4. The van der Waals surface area contributed by atoms with E-state index < -0.39 is 28.0 Å². The molecule has 2 N–H and O–H groups in total. The van der Waals surface area contributed by atoms with E-state index in [0.717, 1.165) is 0 Å². The fourth-order valence-electron chi connectivity index (χ4n) is 1.91. The number of carbonyl (C=O) groups is 1. The van der Waals surface area contributed by atoms with E-state index in [4.69, 9.17) is 33.0 Å². The van der Waals surface area contributed by atoms with Crippen molar-refractivity contribution < 1.29 is 23.1 Å². The molecule has 1 aromatic carbocycles. The standard InChI is InChI=1S/C11H11Cl2NO5S/c12-7-2-1-3-8(13)10(7)20(17,18)14-9-5-19-4-6(9)11(15)16/h1-3,6,9,14H,4-5H2,(H,15,16). The second-order valence-corrected chi connectivity index (χ2v) is 6.73. The number of halogens is 2. The van der Waals surface area contributed by atoms with E-state index in [1.54, 1.807) is 0 Å². The molecule has 1 aromatic rings. The van der Waals surface area contributed by atoms with Gasteiger partial charge in [0.1, 0.15) is 4.90 Å². The Labute approximate surface area is 125 Å². The Bertz CT molecular complexity index is 613. The third kappa shape index (κ3) is 3.07. The van der Waals surface area contributed by atoms with Gasteiger partial charge in [0.15, 0.2) is 0 Å². The first-order chi connectivity index (χ1) is 9.33. The van der Waals surface area contributed by atoms with Crippen molar-refractivity contribution in [3.8, 4) is 0 Å². The van der Waals surface area contributed by atoms with Gasteiger partial charge in [-0.2, -0.15) is 0 Å². The molecule has 2 unspecified atom stereocenters. The Balaban J connectivity index is 2.30. The van der Waals surface area contributed by atoms with Crippen molar-refractivity contribution in [3.05, 3.63) is 28.2 Å². The Morgan fingerprint density at radius 3 is 2.45 bits per heavy atom. The largest absolute Gasteiger partial charge is 0.481 e. The fourth-order valence-corrected chi connectivity index (χ4v) is 4.32. The molecule has 9 heteroatoms. The molecule has 0 amide bonds. The van der Waals surface area contributed by atoms with Crippen LogP contribution >= 0.6 is 23.2 Å². The summed E-state index contributed by atoms with van der Waals surface area (Å²) in [6.07, 6.45) is 0. The van der Waals surface area contributed by atoms with E-state index in [9.17, 15) is 13.2 Å². The van der Waals surface area contributed by atoms with Crippen LogP contribution < -0.4 is 4.72 Å². The lowest BCUT2D eigenvalue weighted by Crippen LogP contribution is -2.42. The van der Waals surface area contributed by atoms with Crippen molar-refractivity contribution in [3.63, 3.8) is 0 Å². The quantitative estimate of drug-likeness (QED) is 0.864. The minimum atomic E-state index is -4.03. The molecule has 2 rings (SSSR count). The first-order valence-electron chi connectivity index (χ1n) is 5.60. The number of aliphatic carboxylic acids is 1. The normalized spacial score (nSPS) is 22.9. The van der Waals surface area contributed by atoms with E-state index >= 15 is 0 Å². The topological polar surface area (TPSA) is 92.7 Å². The van der Waals surface area contributed by atoms with E-state index in [1.807, 2.05) is 0 Å². The Morgan fingerprint density at radius 1 is 1.30 bits per heavy atom. The second kappa shape index (κ2) is 5.87. The van der Waals surface area contributed by atoms with Crippen molar-refractivity contribution in [1.82, 2.24) is 4.72 Å². The first-order valence-corrected chi connectivity index (χ1v) is 7.83. The number of carboxylic acids is 1. The molecule has 1 saturated heterocycles. The zero-order valence-electron chi connectivity index (χ0n) is 10.0. The summed E-state index contributed by atoms with van der Waals surface area (Å²) in [5.41, 5.74) is 0. The van der Waals surface area contributed by atoms with E-state index in [-0.39, 0.29) is 28.2 Å². The van der Waals surface area contributed by atoms with Gasteiger partial charge in [-0.3, -0.25) is 4.79 Å². The van der Waals surface area contributed by atoms with E-state index in [0.29, 0.717) is 0 Å². The second-order valence-electron chi connectivity index (χ2n) is 4.26. The summed E-state index contributed by atoms with van der Waals surface area (Å²) in [4.78, 5) is 10.7. The molecule has 2 atom stereocenters. The molecule has 6 nitrogen and oxygen atoms in total. The van der Waals surface area contributed by atoms with Gasteiger partial charge in [0.2, 0.25) is 10.0 Å². The van der Waals surface area contributed by atoms with Crippen LogP contribution in [0.5, 0.6) is 0 Å². The highest BCUT2D eigenvalue weighted by Gasteiger charge is 2.37. The van der Waals surface area contributed by atoms with Gasteiger partial charge in [-0.25, -0.2) is 13.1 Å². The van der Waals surface area contributed by atoms with Crippen LogP contribution in [0.2, 0.25) is 10.0 Å². The highest BCUT2D eigenvalue weighted by molar-refractivity contribution is 7.89. The van der Waals surface area contributed by atoms with Crippen molar-refractivity contribution in [2.24, 2.45) is 5.92 Å². The number of hydrogen-bond donors (Lipinski definition) is 2. The summed E-state index contributed by atoms with van der Waals surface area (Å²) in [5.74, 6) is -2.06. The summed E-state index contributed by atoms with van der Waals surface area (Å²) < 4.78 is 31.8. The van der Waals surface area contributed by atoms with Crippen LogP contribution in [0.4, 0.5) is 0 Å². The van der Waals surface area contributed by atoms with Crippen molar-refractivity contribution >= 4 is 39.2 Å². The summed E-state index contributed by atoms with van der Waals surface area (Å²) >= 11 is 11.7. The van der Waals surface area contributed by atoms with Gasteiger partial charge >= 0.3 is 5.97 Å². The zero-order valence-corrected chi connectivity index (χ0v) is 12.4. The molecule has 0 radical (unpaired) electrons. The highest BCUT2D eigenvalue weighted by Crippen LogP contribution is 2.29. The number of benzene rings is 1. The highest BCUT2D eigenvalue weighted by atomic mass is 35.5. The van der Waals surface area contributed by atoms with E-state index in [2.05, 4.69) is 4.72 Å². The number of nitrogens with one attached hydrogen (secondary N) is 1. The molecular formula is C11H11Cl2NO5S. The third-order valence-electron chi connectivity index (χ3n) is 2.89. The van der Waals surface area contributed by atoms with Crippen LogP contribution in [-0.2, 0) is 19.6 Å². The minimum Gasteiger partial charge on any atom is -0.481 e. The molecule has 20 heavy (non-hydrogen) atoms. The molecule has 0 aromatic heterocycles. The molecular weight excluding hydrogens is 329 g/mol. The predicted molar refractivity (Wildman–Crippen MR) is 72.5 cm³/mol. The predicted octanol–water partition coefficient (Wildman–Crippen LogP) is 1.37. The maximum Gasteiger partial charge on any atom is 0.310 e. The lowest BCUT2D eigenvalue weighted by molar-refractivity contribution is -0.142. The maximum absolute atomic E-state index is 12.3. The lowest BCUT2D eigenvalue weighted by Gasteiger charge is -2.17. The van der Waals surface area contributed by atoms with Gasteiger partial charge in [-0.1, -0.05) is 29.3 Å². The van der Waals surface area contributed by atoms with Crippen LogP contribution in [0.25, 0.3) is 0 Å². The minimum absolute atomic E-state index is 0.0156. The Hall–Kier alpha value is -0.860. The number of hydrogen-bond acceptors (Lipinski definition) is 4. The third-order valence-corrected chi connectivity index (χ3v) is 5.34. The molecule has 1 heterocycles. The molecule has 0 saturated carbocycles. The van der Waals surface area contributed by atoms with Gasteiger partial charge in [-0.05, 0) is 12.1 Å². The number of ether oxygens (including phenoxy) is 1. The van der Waals surface area contributed by atoms with Crippen LogP contribution in [0, 0.1) is 5.92 Å². The van der Waals surface area contributed by atoms with Gasteiger partial charge in [0.05, 0.1) is 35.2 Å². The van der Waals surface area contributed by atoms with Crippen LogP contribution in [0.15, 0.2) is 23.1 Å². The van der Waals surface area contributed by atoms with Gasteiger partial charge < -0.3 is 9.84 Å². The Morgan fingerprint density at radius 2 is 1.90 bits per heavy atom. The van der Waals surface area contributed by atoms with Crippen molar-refractivity contribution in [2.45, 2.75) is 10.9 Å². The monoisotopic (exact) mass is 339 g/mol. The lowest BCUT2D eigenvalue weighted by atomic mass is 10.1. The molecule has 1 fully saturated rings. The van der Waals surface area contributed by atoms with Crippen LogP contribution in [-0.4, -0.2) is 38.7 Å².